The maximum absolute atomic E-state index is 12.7. The van der Waals surface area contributed by atoms with Gasteiger partial charge in [0.1, 0.15) is 28.8 Å². The summed E-state index contributed by atoms with van der Waals surface area (Å²) in [5.41, 5.74) is 1.30. The lowest BCUT2D eigenvalue weighted by atomic mass is 10.1. The highest BCUT2D eigenvalue weighted by Crippen LogP contribution is 2.26. The van der Waals surface area contributed by atoms with Crippen molar-refractivity contribution >= 4 is 28.1 Å². The summed E-state index contributed by atoms with van der Waals surface area (Å²) in [6.45, 7) is 0.586. The lowest BCUT2D eigenvalue weighted by Crippen LogP contribution is -2.31. The lowest BCUT2D eigenvalue weighted by Gasteiger charge is -2.14. The number of benzene rings is 2. The van der Waals surface area contributed by atoms with Crippen molar-refractivity contribution in [1.29, 1.82) is 0 Å². The lowest BCUT2D eigenvalue weighted by molar-refractivity contribution is -0.116. The zero-order valence-electron chi connectivity index (χ0n) is 20.5. The predicted molar refractivity (Wildman–Crippen MR) is 132 cm³/mol. The zero-order valence-corrected chi connectivity index (χ0v) is 21.3. The highest BCUT2D eigenvalue weighted by molar-refractivity contribution is 7.90. The standard InChI is InChI=1S/C24H30N2O9S/c1-31-13-14-35-20-9-5-17(15-22(20)36(29,30)26-24(28)34-4)11-12-25-23(27)10-7-18-6-8-19(32-2)16-21(18)33-3/h5-10,15-16H,11-14H2,1-4H3,(H,25,27)(H,26,28). The van der Waals surface area contributed by atoms with Crippen LogP contribution < -0.4 is 24.2 Å². The Balaban J connectivity index is 2.08. The van der Waals surface area contributed by atoms with Crippen molar-refractivity contribution in [1.82, 2.24) is 10.0 Å². The maximum atomic E-state index is 12.7. The van der Waals surface area contributed by atoms with Gasteiger partial charge in [0, 0.05) is 31.4 Å². The minimum absolute atomic E-state index is 0.0487. The van der Waals surface area contributed by atoms with E-state index in [0.717, 1.165) is 7.11 Å². The molecule has 0 radical (unpaired) electrons. The first-order valence-corrected chi connectivity index (χ1v) is 12.3. The number of nitrogens with one attached hydrogen (secondary N) is 2. The van der Waals surface area contributed by atoms with E-state index in [0.29, 0.717) is 29.0 Å². The molecule has 2 aromatic rings. The number of hydrogen-bond acceptors (Lipinski definition) is 9. The second-order valence-electron chi connectivity index (χ2n) is 7.20. The number of ether oxygens (including phenoxy) is 5. The first-order valence-electron chi connectivity index (χ1n) is 10.8. The molecule has 196 valence electrons. The quantitative estimate of drug-likeness (QED) is 0.299. The molecule has 2 aromatic carbocycles. The van der Waals surface area contributed by atoms with Gasteiger partial charge in [-0.1, -0.05) is 6.07 Å². The third-order valence-corrected chi connectivity index (χ3v) is 6.15. The topological polar surface area (TPSA) is 138 Å². The zero-order chi connectivity index (χ0) is 26.6. The van der Waals surface area contributed by atoms with E-state index >= 15 is 0 Å². The van der Waals surface area contributed by atoms with Gasteiger partial charge >= 0.3 is 6.09 Å². The third-order valence-electron chi connectivity index (χ3n) is 4.81. The van der Waals surface area contributed by atoms with Gasteiger partial charge in [-0.05, 0) is 42.3 Å². The van der Waals surface area contributed by atoms with Gasteiger partial charge in [-0.3, -0.25) is 4.79 Å². The molecule has 0 aliphatic carbocycles. The van der Waals surface area contributed by atoms with Crippen LogP contribution in [-0.4, -0.2) is 68.6 Å². The Morgan fingerprint density at radius 2 is 1.72 bits per heavy atom. The molecular formula is C24H30N2O9S. The first kappa shape index (κ1) is 28.5. The van der Waals surface area contributed by atoms with Crippen molar-refractivity contribution in [3.63, 3.8) is 0 Å². The fraction of sp³-hybridized carbons (Fsp3) is 0.333. The van der Waals surface area contributed by atoms with Gasteiger partial charge in [-0.15, -0.1) is 0 Å². The number of sulfonamides is 1. The minimum atomic E-state index is -4.26. The molecule has 0 aliphatic heterocycles. The second-order valence-corrected chi connectivity index (χ2v) is 8.85. The summed E-state index contributed by atoms with van der Waals surface area (Å²) >= 11 is 0. The van der Waals surface area contributed by atoms with Crippen LogP contribution >= 0.6 is 0 Å². The van der Waals surface area contributed by atoms with Crippen LogP contribution in [-0.2, 0) is 30.7 Å². The summed E-state index contributed by atoms with van der Waals surface area (Å²) in [6.07, 6.45) is 2.18. The Labute approximate surface area is 210 Å². The van der Waals surface area contributed by atoms with Crippen LogP contribution in [0.3, 0.4) is 0 Å². The summed E-state index contributed by atoms with van der Waals surface area (Å²) in [7, 11) is 1.35. The number of carbonyl (C=O) groups is 2. The van der Waals surface area contributed by atoms with Crippen LogP contribution in [0.2, 0.25) is 0 Å². The molecular weight excluding hydrogens is 492 g/mol. The Morgan fingerprint density at radius 1 is 0.944 bits per heavy atom. The second kappa shape index (κ2) is 14.0. The molecule has 0 spiro atoms. The molecule has 2 amide bonds. The smallest absolute Gasteiger partial charge is 0.420 e. The van der Waals surface area contributed by atoms with E-state index in [1.54, 1.807) is 42.2 Å². The Hall–Kier alpha value is -3.77. The first-order chi connectivity index (χ1) is 17.2. The van der Waals surface area contributed by atoms with Crippen LogP contribution in [0.5, 0.6) is 17.2 Å². The average Bonchev–Trinajstić information content (AvgIpc) is 2.87. The van der Waals surface area contributed by atoms with Gasteiger partial charge in [0.15, 0.2) is 0 Å². The van der Waals surface area contributed by atoms with Crippen molar-refractivity contribution in [3.05, 3.63) is 53.6 Å². The van der Waals surface area contributed by atoms with Crippen LogP contribution in [0, 0.1) is 0 Å². The fourth-order valence-corrected chi connectivity index (χ4v) is 4.10. The molecule has 0 atom stereocenters. The van der Waals surface area contributed by atoms with Crippen molar-refractivity contribution in [2.24, 2.45) is 0 Å². The largest absolute Gasteiger partial charge is 0.497 e. The molecule has 0 aromatic heterocycles. The van der Waals surface area contributed by atoms with Gasteiger partial charge in [-0.25, -0.2) is 17.9 Å². The van der Waals surface area contributed by atoms with Gasteiger partial charge in [0.05, 0.1) is 27.9 Å². The van der Waals surface area contributed by atoms with Gasteiger partial charge in [0.25, 0.3) is 10.0 Å². The SMILES string of the molecule is COCCOc1ccc(CCNC(=O)C=Cc2ccc(OC)cc2OC)cc1S(=O)(=O)NC(=O)OC. The van der Waals surface area contributed by atoms with Crippen LogP contribution in [0.15, 0.2) is 47.4 Å². The van der Waals surface area contributed by atoms with Crippen molar-refractivity contribution in [2.45, 2.75) is 11.3 Å². The van der Waals surface area contributed by atoms with E-state index in [9.17, 15) is 18.0 Å². The highest BCUT2D eigenvalue weighted by Gasteiger charge is 2.23. The van der Waals surface area contributed by atoms with Gasteiger partial charge < -0.3 is 29.0 Å². The van der Waals surface area contributed by atoms with Crippen LogP contribution in [0.25, 0.3) is 6.08 Å². The molecule has 0 bridgehead atoms. The molecule has 12 heteroatoms. The molecule has 36 heavy (non-hydrogen) atoms. The molecule has 2 N–H and O–H groups in total. The molecule has 2 rings (SSSR count). The Bertz CT molecular complexity index is 1180. The summed E-state index contributed by atoms with van der Waals surface area (Å²) in [4.78, 5) is 23.5. The average molecular weight is 523 g/mol. The minimum Gasteiger partial charge on any atom is -0.497 e. The number of rotatable bonds is 13. The van der Waals surface area contributed by atoms with Crippen LogP contribution in [0.4, 0.5) is 4.79 Å². The Kier molecular flexibility index (Phi) is 11.0. The van der Waals surface area contributed by atoms with Crippen molar-refractivity contribution in [2.75, 3.05) is 48.2 Å². The van der Waals surface area contributed by atoms with E-state index in [2.05, 4.69) is 10.1 Å². The van der Waals surface area contributed by atoms with Crippen molar-refractivity contribution < 1.29 is 41.7 Å². The molecule has 0 fully saturated rings. The molecule has 0 heterocycles. The maximum Gasteiger partial charge on any atom is 0.420 e. The van der Waals surface area contributed by atoms with Crippen LogP contribution in [0.1, 0.15) is 11.1 Å². The van der Waals surface area contributed by atoms with Gasteiger partial charge in [0.2, 0.25) is 5.91 Å². The van der Waals surface area contributed by atoms with E-state index in [1.165, 1.54) is 32.4 Å². The Morgan fingerprint density at radius 3 is 2.39 bits per heavy atom. The normalized spacial score (nSPS) is 11.1. The van der Waals surface area contributed by atoms with E-state index < -0.39 is 16.1 Å². The molecule has 0 aliphatic rings. The van der Waals surface area contributed by atoms with E-state index in [4.69, 9.17) is 18.9 Å². The highest BCUT2D eigenvalue weighted by atomic mass is 32.2. The summed E-state index contributed by atoms with van der Waals surface area (Å²) in [5.74, 6) is 0.896. The number of methoxy groups -OCH3 is 4. The van der Waals surface area contributed by atoms with E-state index in [-0.39, 0.29) is 36.3 Å². The third kappa shape index (κ3) is 8.47. The summed E-state index contributed by atoms with van der Waals surface area (Å²) in [6, 6.07) is 9.75. The number of carbonyl (C=O) groups excluding carboxylic acids is 2. The molecule has 11 nitrogen and oxygen atoms in total. The van der Waals surface area contributed by atoms with E-state index in [1.807, 2.05) is 0 Å². The predicted octanol–water partition coefficient (Wildman–Crippen LogP) is 2.15. The monoisotopic (exact) mass is 522 g/mol. The summed E-state index contributed by atoms with van der Waals surface area (Å²) < 4.78 is 52.4. The number of amides is 2. The molecule has 0 saturated heterocycles. The molecule has 0 saturated carbocycles. The molecule has 0 unspecified atom stereocenters. The number of hydrogen-bond donors (Lipinski definition) is 2. The fourth-order valence-electron chi connectivity index (χ4n) is 2.99. The summed E-state index contributed by atoms with van der Waals surface area (Å²) in [5, 5.41) is 2.74. The van der Waals surface area contributed by atoms with Gasteiger partial charge in [-0.2, -0.15) is 0 Å². The van der Waals surface area contributed by atoms with Crippen molar-refractivity contribution in [3.8, 4) is 17.2 Å².